The first-order valence-corrected chi connectivity index (χ1v) is 6.04. The number of aromatic nitrogens is 2. The van der Waals surface area contributed by atoms with Crippen molar-refractivity contribution in [2.24, 2.45) is 5.92 Å². The van der Waals surface area contributed by atoms with Crippen LogP contribution in [0.15, 0.2) is 6.20 Å². The summed E-state index contributed by atoms with van der Waals surface area (Å²) >= 11 is 0. The zero-order chi connectivity index (χ0) is 10.3. The predicted molar refractivity (Wildman–Crippen MR) is 57.6 cm³/mol. The van der Waals surface area contributed by atoms with Gasteiger partial charge in [0.2, 0.25) is 0 Å². The number of hydrogen-bond acceptors (Lipinski definition) is 2. The maximum atomic E-state index is 9.56. The lowest BCUT2D eigenvalue weighted by Gasteiger charge is -2.14. The van der Waals surface area contributed by atoms with Crippen molar-refractivity contribution in [3.8, 4) is 0 Å². The van der Waals surface area contributed by atoms with E-state index in [0.717, 1.165) is 31.7 Å². The maximum absolute atomic E-state index is 9.56. The lowest BCUT2D eigenvalue weighted by atomic mass is 9.96. The van der Waals surface area contributed by atoms with Crippen LogP contribution in [0.2, 0.25) is 0 Å². The largest absolute Gasteiger partial charge is 0.393 e. The van der Waals surface area contributed by atoms with Crippen molar-refractivity contribution in [2.75, 3.05) is 0 Å². The van der Waals surface area contributed by atoms with E-state index in [1.807, 2.05) is 0 Å². The molecular formula is C12H18N2O. The van der Waals surface area contributed by atoms with Gasteiger partial charge in [-0.2, -0.15) is 5.10 Å². The van der Waals surface area contributed by atoms with Crippen LogP contribution in [0.25, 0.3) is 0 Å². The van der Waals surface area contributed by atoms with Gasteiger partial charge in [0.05, 0.1) is 11.8 Å². The molecule has 1 fully saturated rings. The second-order valence-electron chi connectivity index (χ2n) is 4.99. The van der Waals surface area contributed by atoms with E-state index in [2.05, 4.69) is 16.0 Å². The second-order valence-corrected chi connectivity index (χ2v) is 4.99. The van der Waals surface area contributed by atoms with Crippen LogP contribution < -0.4 is 0 Å². The van der Waals surface area contributed by atoms with Gasteiger partial charge in [0.25, 0.3) is 0 Å². The summed E-state index contributed by atoms with van der Waals surface area (Å²) in [6.45, 7) is 1.06. The van der Waals surface area contributed by atoms with Crippen LogP contribution in [0.4, 0.5) is 0 Å². The monoisotopic (exact) mass is 206 g/mol. The van der Waals surface area contributed by atoms with Crippen molar-refractivity contribution in [2.45, 2.75) is 51.2 Å². The van der Waals surface area contributed by atoms with Crippen molar-refractivity contribution in [1.82, 2.24) is 9.78 Å². The zero-order valence-corrected chi connectivity index (χ0v) is 9.02. The van der Waals surface area contributed by atoms with E-state index in [1.54, 1.807) is 0 Å². The molecule has 1 saturated carbocycles. The van der Waals surface area contributed by atoms with Crippen LogP contribution in [0, 0.1) is 5.92 Å². The van der Waals surface area contributed by atoms with Gasteiger partial charge in [0, 0.05) is 19.2 Å². The Bertz CT molecular complexity index is 355. The standard InChI is InChI=1S/C12H18N2O/c15-11-3-4-12-10(7-11)8-14(13-12)6-5-9-1-2-9/h8-9,11,15H,1-7H2. The molecule has 2 aliphatic carbocycles. The summed E-state index contributed by atoms with van der Waals surface area (Å²) in [5, 5.41) is 14.1. The van der Waals surface area contributed by atoms with Gasteiger partial charge in [-0.25, -0.2) is 0 Å². The van der Waals surface area contributed by atoms with Gasteiger partial charge in [-0.1, -0.05) is 12.8 Å². The normalized spacial score (nSPS) is 25.3. The Morgan fingerprint density at radius 3 is 3.07 bits per heavy atom. The lowest BCUT2D eigenvalue weighted by Crippen LogP contribution is -2.17. The molecule has 0 radical (unpaired) electrons. The van der Waals surface area contributed by atoms with Gasteiger partial charge in [0.1, 0.15) is 0 Å². The van der Waals surface area contributed by atoms with Crippen LogP contribution >= 0.6 is 0 Å². The molecule has 0 spiro atoms. The first-order chi connectivity index (χ1) is 7.31. The van der Waals surface area contributed by atoms with Crippen molar-refractivity contribution >= 4 is 0 Å². The third kappa shape index (κ3) is 2.07. The summed E-state index contributed by atoms with van der Waals surface area (Å²) in [4.78, 5) is 0. The summed E-state index contributed by atoms with van der Waals surface area (Å²) in [5.41, 5.74) is 2.49. The van der Waals surface area contributed by atoms with E-state index in [-0.39, 0.29) is 6.10 Å². The van der Waals surface area contributed by atoms with Crippen LogP contribution in [-0.4, -0.2) is 21.0 Å². The molecule has 0 bridgehead atoms. The molecule has 1 aromatic heterocycles. The minimum absolute atomic E-state index is 0.140. The van der Waals surface area contributed by atoms with E-state index in [1.165, 1.54) is 30.5 Å². The number of fused-ring (bicyclic) bond motifs is 1. The molecule has 1 unspecified atom stereocenters. The first-order valence-electron chi connectivity index (χ1n) is 6.04. The lowest BCUT2D eigenvalue weighted by molar-refractivity contribution is 0.158. The average molecular weight is 206 g/mol. The number of nitrogens with zero attached hydrogens (tertiary/aromatic N) is 2. The fourth-order valence-corrected chi connectivity index (χ4v) is 2.38. The summed E-state index contributed by atoms with van der Waals surface area (Å²) in [6.07, 6.45) is 8.75. The Labute approximate surface area is 90.1 Å². The molecule has 1 atom stereocenters. The Kier molecular flexibility index (Phi) is 2.28. The average Bonchev–Trinajstić information content (AvgIpc) is 2.95. The van der Waals surface area contributed by atoms with Crippen LogP contribution in [-0.2, 0) is 19.4 Å². The Morgan fingerprint density at radius 2 is 2.27 bits per heavy atom. The molecule has 2 aliphatic rings. The topological polar surface area (TPSA) is 38.1 Å². The van der Waals surface area contributed by atoms with Crippen molar-refractivity contribution in [1.29, 1.82) is 0 Å². The molecule has 82 valence electrons. The first kappa shape index (κ1) is 9.40. The SMILES string of the molecule is OC1CCc2nn(CCC3CC3)cc2C1. The highest BCUT2D eigenvalue weighted by molar-refractivity contribution is 5.21. The zero-order valence-electron chi connectivity index (χ0n) is 9.02. The Morgan fingerprint density at radius 1 is 1.40 bits per heavy atom. The highest BCUT2D eigenvalue weighted by atomic mass is 16.3. The maximum Gasteiger partial charge on any atom is 0.0658 e. The fourth-order valence-electron chi connectivity index (χ4n) is 2.38. The van der Waals surface area contributed by atoms with Crippen molar-refractivity contribution in [3.63, 3.8) is 0 Å². The summed E-state index contributed by atoms with van der Waals surface area (Å²) in [5.74, 6) is 0.969. The number of aliphatic hydroxyl groups is 1. The quantitative estimate of drug-likeness (QED) is 0.814. The van der Waals surface area contributed by atoms with Gasteiger partial charge in [-0.05, 0) is 30.7 Å². The summed E-state index contributed by atoms with van der Waals surface area (Å²) in [7, 11) is 0. The highest BCUT2D eigenvalue weighted by Gasteiger charge is 2.22. The summed E-state index contributed by atoms with van der Waals surface area (Å²) in [6, 6.07) is 0. The van der Waals surface area contributed by atoms with Gasteiger partial charge in [-0.3, -0.25) is 4.68 Å². The molecule has 0 aromatic carbocycles. The number of aliphatic hydroxyl groups excluding tert-OH is 1. The summed E-state index contributed by atoms with van der Waals surface area (Å²) < 4.78 is 2.08. The minimum atomic E-state index is -0.140. The predicted octanol–water partition coefficient (Wildman–Crippen LogP) is 1.53. The smallest absolute Gasteiger partial charge is 0.0658 e. The minimum Gasteiger partial charge on any atom is -0.393 e. The van der Waals surface area contributed by atoms with E-state index in [0.29, 0.717) is 0 Å². The number of rotatable bonds is 3. The third-order valence-corrected chi connectivity index (χ3v) is 3.56. The van der Waals surface area contributed by atoms with Gasteiger partial charge in [0.15, 0.2) is 0 Å². The molecule has 0 saturated heterocycles. The fraction of sp³-hybridized carbons (Fsp3) is 0.750. The molecule has 0 aliphatic heterocycles. The molecule has 15 heavy (non-hydrogen) atoms. The molecule has 3 rings (SSSR count). The van der Waals surface area contributed by atoms with E-state index >= 15 is 0 Å². The molecule has 1 N–H and O–H groups in total. The molecule has 3 heteroatoms. The number of hydrogen-bond donors (Lipinski definition) is 1. The van der Waals surface area contributed by atoms with E-state index in [9.17, 15) is 5.11 Å². The molecule has 1 heterocycles. The third-order valence-electron chi connectivity index (χ3n) is 3.56. The molecule has 0 amide bonds. The van der Waals surface area contributed by atoms with Crippen molar-refractivity contribution < 1.29 is 5.11 Å². The van der Waals surface area contributed by atoms with Gasteiger partial charge in [-0.15, -0.1) is 0 Å². The number of aryl methyl sites for hydroxylation is 2. The molecular weight excluding hydrogens is 188 g/mol. The van der Waals surface area contributed by atoms with Gasteiger partial charge >= 0.3 is 0 Å². The molecule has 3 nitrogen and oxygen atoms in total. The second kappa shape index (κ2) is 3.63. The van der Waals surface area contributed by atoms with Crippen LogP contribution in [0.3, 0.4) is 0 Å². The highest BCUT2D eigenvalue weighted by Crippen LogP contribution is 2.32. The van der Waals surface area contributed by atoms with Gasteiger partial charge < -0.3 is 5.11 Å². The molecule has 1 aromatic rings. The Hall–Kier alpha value is -0.830. The van der Waals surface area contributed by atoms with Crippen LogP contribution in [0.5, 0.6) is 0 Å². The van der Waals surface area contributed by atoms with E-state index < -0.39 is 0 Å². The Balaban J connectivity index is 1.68. The van der Waals surface area contributed by atoms with Crippen LogP contribution in [0.1, 0.15) is 36.9 Å². The van der Waals surface area contributed by atoms with E-state index in [4.69, 9.17) is 0 Å². The van der Waals surface area contributed by atoms with Crippen molar-refractivity contribution in [3.05, 3.63) is 17.5 Å².